The van der Waals surface area contributed by atoms with Gasteiger partial charge in [-0.1, -0.05) is 18.2 Å². The van der Waals surface area contributed by atoms with E-state index in [-0.39, 0.29) is 16.8 Å². The molecule has 0 aliphatic rings. The summed E-state index contributed by atoms with van der Waals surface area (Å²) in [6, 6.07) is 5.11. The van der Waals surface area contributed by atoms with Gasteiger partial charge in [0.1, 0.15) is 5.69 Å². The zero-order chi connectivity index (χ0) is 13.3. The Bertz CT molecular complexity index is 587. The summed E-state index contributed by atoms with van der Waals surface area (Å²) in [5, 5.41) is 3.81. The fourth-order valence-electron chi connectivity index (χ4n) is 1.77. The van der Waals surface area contributed by atoms with Gasteiger partial charge < -0.3 is 0 Å². The summed E-state index contributed by atoms with van der Waals surface area (Å²) in [6.07, 6.45) is -2.62. The second kappa shape index (κ2) is 4.29. The van der Waals surface area contributed by atoms with Gasteiger partial charge in [0.15, 0.2) is 6.29 Å². The zero-order valence-corrected chi connectivity index (χ0v) is 9.40. The highest BCUT2D eigenvalue weighted by atomic mass is 19.4. The molecule has 18 heavy (non-hydrogen) atoms. The Hall–Kier alpha value is -2.11. The van der Waals surface area contributed by atoms with E-state index in [1.807, 2.05) is 0 Å². The predicted molar refractivity (Wildman–Crippen MR) is 59.0 cm³/mol. The van der Waals surface area contributed by atoms with Gasteiger partial charge in [0, 0.05) is 18.8 Å². The van der Waals surface area contributed by atoms with Crippen LogP contribution in [0.5, 0.6) is 0 Å². The van der Waals surface area contributed by atoms with E-state index < -0.39 is 11.7 Å². The standard InChI is InChI=1S/C12H9F3N2O/c1-17-6-9(11(7-18)16-17)8-4-2-3-5-10(8)12(13,14)15/h2-7H,1H3. The van der Waals surface area contributed by atoms with Crippen molar-refractivity contribution in [3.05, 3.63) is 41.7 Å². The van der Waals surface area contributed by atoms with Gasteiger partial charge in [-0.2, -0.15) is 18.3 Å². The highest BCUT2D eigenvalue weighted by Crippen LogP contribution is 2.37. The lowest BCUT2D eigenvalue weighted by Crippen LogP contribution is -2.07. The first-order chi connectivity index (χ1) is 8.43. The van der Waals surface area contributed by atoms with Gasteiger partial charge in [-0.05, 0) is 11.6 Å². The highest BCUT2D eigenvalue weighted by Gasteiger charge is 2.34. The van der Waals surface area contributed by atoms with Gasteiger partial charge in [-0.3, -0.25) is 9.48 Å². The SMILES string of the molecule is Cn1cc(-c2ccccc2C(F)(F)F)c(C=O)n1. The molecule has 0 saturated carbocycles. The fourth-order valence-corrected chi connectivity index (χ4v) is 1.77. The van der Waals surface area contributed by atoms with Crippen LogP contribution in [0.4, 0.5) is 13.2 Å². The molecule has 0 aliphatic heterocycles. The van der Waals surface area contributed by atoms with Gasteiger partial charge in [0.25, 0.3) is 0 Å². The summed E-state index contributed by atoms with van der Waals surface area (Å²) in [5.41, 5.74) is -0.643. The molecule has 0 amide bonds. The quantitative estimate of drug-likeness (QED) is 0.772. The number of hydrogen-bond acceptors (Lipinski definition) is 2. The Kier molecular flexibility index (Phi) is 2.94. The highest BCUT2D eigenvalue weighted by molar-refractivity contribution is 5.86. The molecule has 6 heteroatoms. The number of alkyl halides is 3. The van der Waals surface area contributed by atoms with Gasteiger partial charge in [0.05, 0.1) is 5.56 Å². The average molecular weight is 254 g/mol. The van der Waals surface area contributed by atoms with Crippen LogP contribution in [0.25, 0.3) is 11.1 Å². The molecule has 0 N–H and O–H groups in total. The smallest absolute Gasteiger partial charge is 0.296 e. The Balaban J connectivity index is 2.67. The lowest BCUT2D eigenvalue weighted by Gasteiger charge is -2.11. The minimum absolute atomic E-state index is 0.00537. The maximum atomic E-state index is 12.9. The summed E-state index contributed by atoms with van der Waals surface area (Å²) >= 11 is 0. The van der Waals surface area contributed by atoms with Crippen molar-refractivity contribution < 1.29 is 18.0 Å². The summed E-state index contributed by atoms with van der Waals surface area (Å²) in [4.78, 5) is 10.8. The van der Waals surface area contributed by atoms with E-state index in [1.54, 1.807) is 7.05 Å². The number of aryl methyl sites for hydroxylation is 1. The van der Waals surface area contributed by atoms with Crippen molar-refractivity contribution in [2.45, 2.75) is 6.18 Å². The zero-order valence-electron chi connectivity index (χ0n) is 9.40. The topological polar surface area (TPSA) is 34.9 Å². The van der Waals surface area contributed by atoms with Crippen molar-refractivity contribution in [1.82, 2.24) is 9.78 Å². The van der Waals surface area contributed by atoms with Gasteiger partial charge in [-0.25, -0.2) is 0 Å². The normalized spacial score (nSPS) is 11.6. The first-order valence-corrected chi connectivity index (χ1v) is 5.09. The predicted octanol–water partition coefficient (Wildman–Crippen LogP) is 2.92. The molecule has 2 aromatic rings. The number of aldehydes is 1. The number of carbonyl (C=O) groups excluding carboxylic acids is 1. The third-order valence-corrected chi connectivity index (χ3v) is 2.49. The summed E-state index contributed by atoms with van der Waals surface area (Å²) < 4.78 is 39.9. The van der Waals surface area contributed by atoms with Crippen molar-refractivity contribution in [2.75, 3.05) is 0 Å². The van der Waals surface area contributed by atoms with Crippen LogP contribution in [0, 0.1) is 0 Å². The van der Waals surface area contributed by atoms with Crippen LogP contribution >= 0.6 is 0 Å². The Morgan fingerprint density at radius 2 is 1.89 bits per heavy atom. The van der Waals surface area contributed by atoms with Crippen LogP contribution in [0.15, 0.2) is 30.5 Å². The molecule has 3 nitrogen and oxygen atoms in total. The second-order valence-corrected chi connectivity index (χ2v) is 3.76. The van der Waals surface area contributed by atoms with Gasteiger partial charge >= 0.3 is 6.18 Å². The third-order valence-electron chi connectivity index (χ3n) is 2.49. The molecule has 0 aliphatic carbocycles. The number of halogens is 3. The molecule has 1 aromatic carbocycles. The fraction of sp³-hybridized carbons (Fsp3) is 0.167. The third kappa shape index (κ3) is 2.13. The molecule has 0 spiro atoms. The molecule has 0 fully saturated rings. The van der Waals surface area contributed by atoms with E-state index in [0.717, 1.165) is 6.07 Å². The molecule has 0 unspecified atom stereocenters. The monoisotopic (exact) mass is 254 g/mol. The first kappa shape index (κ1) is 12.3. The Labute approximate surface area is 101 Å². The number of nitrogens with zero attached hydrogens (tertiary/aromatic N) is 2. The lowest BCUT2D eigenvalue weighted by molar-refractivity contribution is -0.137. The number of carbonyl (C=O) groups is 1. The summed E-state index contributed by atoms with van der Waals surface area (Å²) in [6.45, 7) is 0. The van der Waals surface area contributed by atoms with Crippen LogP contribution in [-0.2, 0) is 13.2 Å². The van der Waals surface area contributed by atoms with Crippen LogP contribution in [0.3, 0.4) is 0 Å². The average Bonchev–Trinajstić information content (AvgIpc) is 2.69. The van der Waals surface area contributed by atoms with Crippen LogP contribution in [0.1, 0.15) is 16.1 Å². The van der Waals surface area contributed by atoms with E-state index in [9.17, 15) is 18.0 Å². The van der Waals surface area contributed by atoms with E-state index in [0.29, 0.717) is 6.29 Å². The molecule has 1 aromatic heterocycles. The van der Waals surface area contributed by atoms with E-state index >= 15 is 0 Å². The summed E-state index contributed by atoms with van der Waals surface area (Å²) in [7, 11) is 1.55. The van der Waals surface area contributed by atoms with Crippen molar-refractivity contribution in [3.63, 3.8) is 0 Å². The van der Waals surface area contributed by atoms with Crippen molar-refractivity contribution in [2.24, 2.45) is 7.05 Å². The molecular weight excluding hydrogens is 245 g/mol. The van der Waals surface area contributed by atoms with E-state index in [2.05, 4.69) is 5.10 Å². The molecule has 94 valence electrons. The van der Waals surface area contributed by atoms with Crippen molar-refractivity contribution >= 4 is 6.29 Å². The molecule has 0 saturated heterocycles. The molecule has 0 atom stereocenters. The molecule has 2 rings (SSSR count). The number of hydrogen-bond donors (Lipinski definition) is 0. The van der Waals surface area contributed by atoms with Crippen LogP contribution in [-0.4, -0.2) is 16.1 Å². The van der Waals surface area contributed by atoms with E-state index in [1.165, 1.54) is 29.1 Å². The van der Waals surface area contributed by atoms with Crippen molar-refractivity contribution in [1.29, 1.82) is 0 Å². The summed E-state index contributed by atoms with van der Waals surface area (Å²) in [5.74, 6) is 0. The van der Waals surface area contributed by atoms with E-state index in [4.69, 9.17) is 0 Å². The molecule has 0 radical (unpaired) electrons. The number of rotatable bonds is 2. The van der Waals surface area contributed by atoms with Crippen molar-refractivity contribution in [3.8, 4) is 11.1 Å². The molecule has 1 heterocycles. The minimum atomic E-state index is -4.47. The molecular formula is C12H9F3N2O. The Morgan fingerprint density at radius 1 is 1.22 bits per heavy atom. The molecule has 0 bridgehead atoms. The minimum Gasteiger partial charge on any atom is -0.296 e. The Morgan fingerprint density at radius 3 is 2.50 bits per heavy atom. The first-order valence-electron chi connectivity index (χ1n) is 5.09. The number of aromatic nitrogens is 2. The van der Waals surface area contributed by atoms with Gasteiger partial charge in [0.2, 0.25) is 0 Å². The van der Waals surface area contributed by atoms with Gasteiger partial charge in [-0.15, -0.1) is 0 Å². The van der Waals surface area contributed by atoms with Crippen LogP contribution in [0.2, 0.25) is 0 Å². The maximum Gasteiger partial charge on any atom is 0.417 e. The lowest BCUT2D eigenvalue weighted by atomic mass is 10.00. The maximum absolute atomic E-state index is 12.9. The second-order valence-electron chi connectivity index (χ2n) is 3.76. The van der Waals surface area contributed by atoms with Crippen LogP contribution < -0.4 is 0 Å². The largest absolute Gasteiger partial charge is 0.417 e. The number of benzene rings is 1.